The van der Waals surface area contributed by atoms with Gasteiger partial charge >= 0.3 is 6.03 Å². The molecule has 0 atom stereocenters. The highest BCUT2D eigenvalue weighted by atomic mass is 16.5. The summed E-state index contributed by atoms with van der Waals surface area (Å²) in [5.74, 6) is 0.664. The number of benzene rings is 1. The average molecular weight is 311 g/mol. The van der Waals surface area contributed by atoms with Crippen LogP contribution in [-0.2, 0) is 6.54 Å². The molecule has 0 bridgehead atoms. The number of ether oxygens (including phenoxy) is 1. The molecule has 2 aromatic rings. The van der Waals surface area contributed by atoms with Gasteiger partial charge in [0.15, 0.2) is 0 Å². The van der Waals surface area contributed by atoms with Crippen molar-refractivity contribution in [2.75, 3.05) is 12.4 Å². The number of urea groups is 1. The summed E-state index contributed by atoms with van der Waals surface area (Å²) >= 11 is 0. The van der Waals surface area contributed by atoms with Crippen LogP contribution in [0.15, 0.2) is 42.6 Å². The minimum atomic E-state index is -0.109. The van der Waals surface area contributed by atoms with E-state index in [-0.39, 0.29) is 6.03 Å². The van der Waals surface area contributed by atoms with Crippen molar-refractivity contribution in [1.29, 1.82) is 0 Å². The molecule has 1 fully saturated rings. The molecule has 1 aromatic heterocycles. The molecule has 0 unspecified atom stereocenters. The third kappa shape index (κ3) is 3.80. The van der Waals surface area contributed by atoms with Crippen molar-refractivity contribution in [3.8, 4) is 5.75 Å². The van der Waals surface area contributed by atoms with Crippen LogP contribution in [0, 0.1) is 6.92 Å². The Morgan fingerprint density at radius 2 is 2.17 bits per heavy atom. The number of hydrogen-bond donors (Lipinski definition) is 1. The monoisotopic (exact) mass is 311 g/mol. The Bertz CT molecular complexity index is 684. The van der Waals surface area contributed by atoms with E-state index >= 15 is 0 Å². The Balaban J connectivity index is 1.76. The van der Waals surface area contributed by atoms with Crippen molar-refractivity contribution in [2.24, 2.45) is 0 Å². The van der Waals surface area contributed by atoms with E-state index < -0.39 is 0 Å². The van der Waals surface area contributed by atoms with E-state index in [2.05, 4.69) is 10.3 Å². The summed E-state index contributed by atoms with van der Waals surface area (Å²) in [5, 5.41) is 2.98. The number of methoxy groups -OCH3 is 1. The standard InChI is InChI=1S/C18H21N3O2/c1-13-6-9-17(23-2)16(11-13)20-18(22)21(15-7-8-15)12-14-5-3-4-10-19-14/h3-6,9-11,15H,7-8,12H2,1-2H3,(H,20,22). The zero-order valence-corrected chi connectivity index (χ0v) is 13.5. The van der Waals surface area contributed by atoms with Gasteiger partial charge in [0, 0.05) is 12.2 Å². The highest BCUT2D eigenvalue weighted by Gasteiger charge is 2.33. The molecular formula is C18H21N3O2. The lowest BCUT2D eigenvalue weighted by Gasteiger charge is -2.23. The number of nitrogens with one attached hydrogen (secondary N) is 1. The van der Waals surface area contributed by atoms with Gasteiger partial charge in [-0.2, -0.15) is 0 Å². The predicted octanol–water partition coefficient (Wildman–Crippen LogP) is 3.60. The second-order valence-electron chi connectivity index (χ2n) is 5.81. The van der Waals surface area contributed by atoms with Crippen LogP contribution in [0.5, 0.6) is 5.75 Å². The Morgan fingerprint density at radius 1 is 1.35 bits per heavy atom. The molecule has 1 N–H and O–H groups in total. The number of amides is 2. The molecule has 5 nitrogen and oxygen atoms in total. The summed E-state index contributed by atoms with van der Waals surface area (Å²) in [6.07, 6.45) is 3.85. The number of aryl methyl sites for hydroxylation is 1. The first-order valence-corrected chi connectivity index (χ1v) is 7.79. The number of carbonyl (C=O) groups is 1. The number of nitrogens with zero attached hydrogens (tertiary/aromatic N) is 2. The molecule has 1 aliphatic carbocycles. The van der Waals surface area contributed by atoms with E-state index in [1.165, 1.54) is 0 Å². The first kappa shape index (κ1) is 15.3. The number of aromatic nitrogens is 1. The van der Waals surface area contributed by atoms with Gasteiger partial charge in [-0.25, -0.2) is 4.79 Å². The Labute approximate surface area is 136 Å². The summed E-state index contributed by atoms with van der Waals surface area (Å²) in [5.41, 5.74) is 2.67. The molecule has 120 valence electrons. The van der Waals surface area contributed by atoms with Crippen molar-refractivity contribution >= 4 is 11.7 Å². The molecule has 2 amide bonds. The third-order valence-electron chi connectivity index (χ3n) is 3.90. The maximum Gasteiger partial charge on any atom is 0.322 e. The number of carbonyl (C=O) groups excluding carboxylic acids is 1. The van der Waals surface area contributed by atoms with Crippen molar-refractivity contribution in [3.63, 3.8) is 0 Å². The molecule has 0 saturated heterocycles. The first-order valence-electron chi connectivity index (χ1n) is 7.79. The maximum absolute atomic E-state index is 12.7. The number of anilines is 1. The smallest absolute Gasteiger partial charge is 0.322 e. The molecule has 5 heteroatoms. The maximum atomic E-state index is 12.7. The summed E-state index contributed by atoms with van der Waals surface area (Å²) in [6.45, 7) is 2.51. The quantitative estimate of drug-likeness (QED) is 0.918. The van der Waals surface area contributed by atoms with Gasteiger partial charge in [0.05, 0.1) is 25.0 Å². The molecule has 23 heavy (non-hydrogen) atoms. The van der Waals surface area contributed by atoms with Crippen LogP contribution in [0.2, 0.25) is 0 Å². The van der Waals surface area contributed by atoms with Gasteiger partial charge in [-0.1, -0.05) is 12.1 Å². The Hall–Kier alpha value is -2.56. The van der Waals surface area contributed by atoms with Crippen LogP contribution >= 0.6 is 0 Å². The van der Waals surface area contributed by atoms with Crippen molar-refractivity contribution in [1.82, 2.24) is 9.88 Å². The summed E-state index contributed by atoms with van der Waals surface area (Å²) in [6, 6.07) is 11.7. The second-order valence-corrected chi connectivity index (χ2v) is 5.81. The van der Waals surface area contributed by atoms with Crippen LogP contribution < -0.4 is 10.1 Å². The van der Waals surface area contributed by atoms with Crippen LogP contribution in [-0.4, -0.2) is 29.1 Å². The predicted molar refractivity (Wildman–Crippen MR) is 89.6 cm³/mol. The summed E-state index contributed by atoms with van der Waals surface area (Å²) in [4.78, 5) is 18.9. The minimum absolute atomic E-state index is 0.109. The van der Waals surface area contributed by atoms with E-state index in [1.807, 2.05) is 48.2 Å². The number of rotatable bonds is 5. The molecule has 1 heterocycles. The fraction of sp³-hybridized carbons (Fsp3) is 0.333. The minimum Gasteiger partial charge on any atom is -0.495 e. The lowest BCUT2D eigenvalue weighted by molar-refractivity contribution is 0.205. The average Bonchev–Trinajstić information content (AvgIpc) is 3.38. The van der Waals surface area contributed by atoms with E-state index in [9.17, 15) is 4.79 Å². The van der Waals surface area contributed by atoms with E-state index in [4.69, 9.17) is 4.74 Å². The first-order chi connectivity index (χ1) is 11.2. The van der Waals surface area contributed by atoms with E-state index in [0.717, 1.165) is 24.1 Å². The molecule has 0 radical (unpaired) electrons. The zero-order valence-electron chi connectivity index (χ0n) is 13.5. The molecule has 3 rings (SSSR count). The Morgan fingerprint density at radius 3 is 2.83 bits per heavy atom. The second kappa shape index (κ2) is 6.69. The fourth-order valence-corrected chi connectivity index (χ4v) is 2.53. The van der Waals surface area contributed by atoms with Crippen LogP contribution in [0.3, 0.4) is 0 Å². The molecule has 1 aromatic carbocycles. The van der Waals surface area contributed by atoms with Crippen molar-refractivity contribution in [2.45, 2.75) is 32.4 Å². The van der Waals surface area contributed by atoms with Crippen LogP contribution in [0.25, 0.3) is 0 Å². The van der Waals surface area contributed by atoms with Crippen LogP contribution in [0.4, 0.5) is 10.5 Å². The van der Waals surface area contributed by atoms with Gasteiger partial charge in [-0.15, -0.1) is 0 Å². The Kier molecular flexibility index (Phi) is 4.46. The van der Waals surface area contributed by atoms with E-state index in [0.29, 0.717) is 24.0 Å². The van der Waals surface area contributed by atoms with Gasteiger partial charge < -0.3 is 15.0 Å². The van der Waals surface area contributed by atoms with Gasteiger partial charge in [0.2, 0.25) is 0 Å². The largest absolute Gasteiger partial charge is 0.495 e. The lowest BCUT2D eigenvalue weighted by atomic mass is 10.2. The lowest BCUT2D eigenvalue weighted by Crippen LogP contribution is -2.36. The molecular weight excluding hydrogens is 290 g/mol. The van der Waals surface area contributed by atoms with Crippen molar-refractivity contribution in [3.05, 3.63) is 53.9 Å². The molecule has 1 saturated carbocycles. The number of hydrogen-bond acceptors (Lipinski definition) is 3. The molecule has 0 aliphatic heterocycles. The third-order valence-corrected chi connectivity index (χ3v) is 3.90. The fourth-order valence-electron chi connectivity index (χ4n) is 2.53. The SMILES string of the molecule is COc1ccc(C)cc1NC(=O)N(Cc1ccccn1)C1CC1. The molecule has 1 aliphatic rings. The van der Waals surface area contributed by atoms with Crippen LogP contribution in [0.1, 0.15) is 24.1 Å². The number of pyridine rings is 1. The van der Waals surface area contributed by atoms with Gasteiger partial charge in [0.1, 0.15) is 5.75 Å². The van der Waals surface area contributed by atoms with Gasteiger partial charge in [-0.05, 0) is 49.6 Å². The zero-order chi connectivity index (χ0) is 16.2. The van der Waals surface area contributed by atoms with Crippen molar-refractivity contribution < 1.29 is 9.53 Å². The summed E-state index contributed by atoms with van der Waals surface area (Å²) < 4.78 is 5.33. The summed E-state index contributed by atoms with van der Waals surface area (Å²) in [7, 11) is 1.60. The topological polar surface area (TPSA) is 54.5 Å². The highest BCUT2D eigenvalue weighted by molar-refractivity contribution is 5.91. The van der Waals surface area contributed by atoms with E-state index in [1.54, 1.807) is 13.3 Å². The van der Waals surface area contributed by atoms with Gasteiger partial charge in [0.25, 0.3) is 0 Å². The normalized spacial score (nSPS) is 13.5. The molecule has 0 spiro atoms. The highest BCUT2D eigenvalue weighted by Crippen LogP contribution is 2.30. The van der Waals surface area contributed by atoms with Gasteiger partial charge in [-0.3, -0.25) is 4.98 Å².